The standard InChI is InChI=1S/C24H29N8O10P/c1-32(11-13-10-27-20-18(28-13)19(25)30-24(26)31-20)14-4-2-12(3-5-14)21(35)29-15(22(36)37)8-9-43(40,41)42-16(23(38)39)6-7-17(33)34/h2-5,10,15-16H,6-9,11H2,1H3,(H,29,35)(H,33,34)(H,36,37)(H,38,39)(H,40,41)(H4,25,26,27,30,31). The fourth-order valence-corrected chi connectivity index (χ4v) is 5.06. The molecule has 18 nitrogen and oxygen atoms in total. The molecule has 3 atom stereocenters. The molecule has 9 N–H and O–H groups in total. The highest BCUT2D eigenvalue weighted by Gasteiger charge is 2.32. The minimum atomic E-state index is -4.66. The van der Waals surface area contributed by atoms with Gasteiger partial charge in [-0.15, -0.1) is 0 Å². The molecule has 1 amide bonds. The number of carbonyl (C=O) groups is 4. The maximum absolute atomic E-state index is 12.7. The summed E-state index contributed by atoms with van der Waals surface area (Å²) >= 11 is 0. The first-order valence-electron chi connectivity index (χ1n) is 12.5. The molecular formula is C24H29N8O10P. The molecule has 230 valence electrons. The normalized spacial score (nSPS) is 13.9. The molecule has 2 heterocycles. The van der Waals surface area contributed by atoms with Crippen LogP contribution < -0.4 is 21.7 Å². The number of nitrogens with zero attached hydrogens (tertiary/aromatic N) is 5. The van der Waals surface area contributed by atoms with Crippen molar-refractivity contribution in [2.45, 2.75) is 38.0 Å². The van der Waals surface area contributed by atoms with Crippen LogP contribution in [0.2, 0.25) is 0 Å². The average molecular weight is 621 g/mol. The summed E-state index contributed by atoms with van der Waals surface area (Å²) in [5.41, 5.74) is 13.3. The fourth-order valence-electron chi connectivity index (χ4n) is 3.78. The lowest BCUT2D eigenvalue weighted by Crippen LogP contribution is -2.41. The number of aromatic nitrogens is 4. The van der Waals surface area contributed by atoms with Crippen molar-refractivity contribution in [1.29, 1.82) is 0 Å². The molecule has 0 spiro atoms. The third-order valence-corrected chi connectivity index (χ3v) is 7.37. The number of rotatable bonds is 15. The zero-order valence-electron chi connectivity index (χ0n) is 22.7. The van der Waals surface area contributed by atoms with Gasteiger partial charge in [0.15, 0.2) is 23.1 Å². The van der Waals surface area contributed by atoms with Crippen molar-refractivity contribution in [3.8, 4) is 0 Å². The number of aliphatic carboxylic acids is 3. The van der Waals surface area contributed by atoms with Crippen molar-refractivity contribution in [3.05, 3.63) is 41.7 Å². The first kappa shape index (κ1) is 32.6. The van der Waals surface area contributed by atoms with Gasteiger partial charge in [0.1, 0.15) is 6.04 Å². The lowest BCUT2D eigenvalue weighted by atomic mass is 10.1. The van der Waals surface area contributed by atoms with Crippen molar-refractivity contribution in [3.63, 3.8) is 0 Å². The van der Waals surface area contributed by atoms with Gasteiger partial charge in [0.2, 0.25) is 5.95 Å². The summed E-state index contributed by atoms with van der Waals surface area (Å²) in [4.78, 5) is 74.7. The van der Waals surface area contributed by atoms with Crippen LogP contribution in [0.5, 0.6) is 0 Å². The van der Waals surface area contributed by atoms with Crippen molar-refractivity contribution in [2.75, 3.05) is 29.6 Å². The van der Waals surface area contributed by atoms with Crippen LogP contribution in [0.3, 0.4) is 0 Å². The Balaban J connectivity index is 1.60. The van der Waals surface area contributed by atoms with E-state index >= 15 is 0 Å². The molecule has 3 aromatic rings. The van der Waals surface area contributed by atoms with E-state index in [1.807, 2.05) is 0 Å². The van der Waals surface area contributed by atoms with E-state index in [2.05, 4.69) is 25.3 Å². The Kier molecular flexibility index (Phi) is 10.5. The summed E-state index contributed by atoms with van der Waals surface area (Å²) in [6, 6.07) is 4.49. The number of hydrogen-bond acceptors (Lipinski definition) is 13. The molecule has 0 saturated heterocycles. The molecule has 0 fully saturated rings. The quantitative estimate of drug-likeness (QED) is 0.112. The topological polar surface area (TPSA) is 294 Å². The number of amides is 1. The number of benzene rings is 1. The van der Waals surface area contributed by atoms with Crippen LogP contribution in [0, 0.1) is 0 Å². The molecule has 2 aromatic heterocycles. The third-order valence-electron chi connectivity index (χ3n) is 5.96. The highest BCUT2D eigenvalue weighted by molar-refractivity contribution is 7.52. The minimum absolute atomic E-state index is 0.0239. The van der Waals surface area contributed by atoms with Crippen LogP contribution >= 0.6 is 7.60 Å². The summed E-state index contributed by atoms with van der Waals surface area (Å²) in [5, 5.41) is 29.6. The predicted molar refractivity (Wildman–Crippen MR) is 150 cm³/mol. The number of nitrogens with two attached hydrogens (primary N) is 2. The SMILES string of the molecule is CN(Cc1cnc2nc(N)nc(N)c2n1)c1ccc(C(=O)NC(CCP(=O)(O)OC(CCC(=O)O)C(=O)O)C(=O)O)cc1. The molecule has 43 heavy (non-hydrogen) atoms. The molecule has 0 radical (unpaired) electrons. The highest BCUT2D eigenvalue weighted by Crippen LogP contribution is 2.45. The third kappa shape index (κ3) is 9.29. The van der Waals surface area contributed by atoms with Crippen molar-refractivity contribution < 1.29 is 48.5 Å². The number of hydrogen-bond donors (Lipinski definition) is 7. The molecule has 0 bridgehead atoms. The largest absolute Gasteiger partial charge is 0.481 e. The Labute approximate surface area is 243 Å². The minimum Gasteiger partial charge on any atom is -0.481 e. The zero-order valence-corrected chi connectivity index (χ0v) is 23.5. The summed E-state index contributed by atoms with van der Waals surface area (Å²) in [7, 11) is -2.90. The fraction of sp³-hybridized carbons (Fsp3) is 0.333. The lowest BCUT2D eigenvalue weighted by Gasteiger charge is -2.20. The maximum Gasteiger partial charge on any atom is 0.333 e. The van der Waals surface area contributed by atoms with E-state index in [9.17, 15) is 33.7 Å². The highest BCUT2D eigenvalue weighted by atomic mass is 31.2. The number of carboxylic acids is 3. The van der Waals surface area contributed by atoms with Crippen LogP contribution in [-0.4, -0.2) is 89.3 Å². The number of carboxylic acid groups (broad SMARTS) is 3. The van der Waals surface area contributed by atoms with Gasteiger partial charge in [0, 0.05) is 24.7 Å². The molecule has 0 aliphatic heterocycles. The van der Waals surface area contributed by atoms with Crippen LogP contribution in [0.1, 0.15) is 35.3 Å². The van der Waals surface area contributed by atoms with Crippen LogP contribution in [0.15, 0.2) is 30.5 Å². The van der Waals surface area contributed by atoms with E-state index in [0.717, 1.165) is 0 Å². The van der Waals surface area contributed by atoms with E-state index in [1.54, 1.807) is 24.1 Å². The van der Waals surface area contributed by atoms with Crippen molar-refractivity contribution in [1.82, 2.24) is 25.3 Å². The molecular weight excluding hydrogens is 591 g/mol. The zero-order chi connectivity index (χ0) is 31.9. The summed E-state index contributed by atoms with van der Waals surface area (Å²) in [5.74, 6) is -5.20. The Morgan fingerprint density at radius 1 is 1.02 bits per heavy atom. The number of nitrogen functional groups attached to an aromatic ring is 2. The molecule has 1 aromatic carbocycles. The van der Waals surface area contributed by atoms with Gasteiger partial charge in [-0.3, -0.25) is 18.7 Å². The van der Waals surface area contributed by atoms with E-state index in [4.69, 9.17) is 26.2 Å². The van der Waals surface area contributed by atoms with Gasteiger partial charge in [-0.2, -0.15) is 9.97 Å². The van der Waals surface area contributed by atoms with Gasteiger partial charge < -0.3 is 41.9 Å². The number of nitrogens with one attached hydrogen (secondary N) is 1. The monoisotopic (exact) mass is 620 g/mol. The van der Waals surface area contributed by atoms with Gasteiger partial charge in [0.25, 0.3) is 5.91 Å². The maximum atomic E-state index is 12.7. The summed E-state index contributed by atoms with van der Waals surface area (Å²) < 4.78 is 17.1. The molecule has 0 saturated carbocycles. The molecule has 0 aliphatic carbocycles. The first-order chi connectivity index (χ1) is 20.1. The second-order valence-corrected chi connectivity index (χ2v) is 11.2. The van der Waals surface area contributed by atoms with Crippen molar-refractivity contribution in [2.24, 2.45) is 0 Å². The van der Waals surface area contributed by atoms with E-state index in [0.29, 0.717) is 23.4 Å². The van der Waals surface area contributed by atoms with E-state index in [1.165, 1.54) is 18.3 Å². The van der Waals surface area contributed by atoms with Gasteiger partial charge in [-0.25, -0.2) is 19.6 Å². The second-order valence-electron chi connectivity index (χ2n) is 9.28. The van der Waals surface area contributed by atoms with Gasteiger partial charge >= 0.3 is 25.5 Å². The Bertz CT molecular complexity index is 1570. The van der Waals surface area contributed by atoms with Crippen LogP contribution in [0.4, 0.5) is 17.5 Å². The summed E-state index contributed by atoms with van der Waals surface area (Å²) in [6.07, 6.45) is -2.97. The average Bonchev–Trinajstić information content (AvgIpc) is 2.93. The Morgan fingerprint density at radius 2 is 1.70 bits per heavy atom. The lowest BCUT2D eigenvalue weighted by molar-refractivity contribution is -0.147. The molecule has 19 heteroatoms. The second kappa shape index (κ2) is 13.8. The Hall–Kier alpha value is -4.93. The molecule has 0 aliphatic rings. The smallest absolute Gasteiger partial charge is 0.333 e. The number of anilines is 3. The predicted octanol–water partition coefficient (Wildman–Crippen LogP) is 0.314. The van der Waals surface area contributed by atoms with Crippen molar-refractivity contribution >= 4 is 60.0 Å². The first-order valence-corrected chi connectivity index (χ1v) is 14.3. The molecule has 3 unspecified atom stereocenters. The Morgan fingerprint density at radius 3 is 2.30 bits per heavy atom. The number of carbonyl (C=O) groups excluding carboxylic acids is 1. The van der Waals surface area contributed by atoms with E-state index in [-0.39, 0.29) is 23.0 Å². The van der Waals surface area contributed by atoms with Crippen LogP contribution in [-0.2, 0) is 30.0 Å². The van der Waals surface area contributed by atoms with Gasteiger partial charge in [0.05, 0.1) is 24.6 Å². The van der Waals surface area contributed by atoms with Gasteiger partial charge in [-0.05, 0) is 37.1 Å². The summed E-state index contributed by atoms with van der Waals surface area (Å²) in [6.45, 7) is 0.293. The van der Waals surface area contributed by atoms with Gasteiger partial charge in [-0.1, -0.05) is 0 Å². The van der Waals surface area contributed by atoms with E-state index < -0.39 is 69.0 Å². The molecule has 3 rings (SSSR count). The number of fused-ring (bicyclic) bond motifs is 1. The van der Waals surface area contributed by atoms with Crippen LogP contribution in [0.25, 0.3) is 11.2 Å².